The average Bonchev–Trinajstić information content (AvgIpc) is 2.28. The van der Waals surface area contributed by atoms with E-state index in [0.29, 0.717) is 5.69 Å². The summed E-state index contributed by atoms with van der Waals surface area (Å²) in [6.07, 6.45) is -1.22. The summed E-state index contributed by atoms with van der Waals surface area (Å²) in [5.41, 5.74) is 14.1. The van der Waals surface area contributed by atoms with Gasteiger partial charge in [-0.15, -0.1) is 0 Å². The standard InChI is InChI=1S/C8H10ClN5O2/c9-8-5(1-4(10)2-12-8)7(16)6(15)3-13-14-11/h1-2,6-7,15-16H,3,10H2. The van der Waals surface area contributed by atoms with E-state index in [1.807, 2.05) is 0 Å². The zero-order valence-electron chi connectivity index (χ0n) is 8.16. The van der Waals surface area contributed by atoms with Crippen molar-refractivity contribution in [2.75, 3.05) is 12.3 Å². The first-order chi connectivity index (χ1) is 7.56. The highest BCUT2D eigenvalue weighted by Crippen LogP contribution is 2.25. The molecule has 2 atom stereocenters. The second-order valence-corrected chi connectivity index (χ2v) is 3.43. The minimum atomic E-state index is -1.30. The number of hydrogen-bond acceptors (Lipinski definition) is 5. The van der Waals surface area contributed by atoms with Crippen molar-refractivity contribution in [1.82, 2.24) is 4.98 Å². The first kappa shape index (κ1) is 12.5. The summed E-state index contributed by atoms with van der Waals surface area (Å²) < 4.78 is 0. The molecule has 0 radical (unpaired) electrons. The predicted molar refractivity (Wildman–Crippen MR) is 58.6 cm³/mol. The maximum atomic E-state index is 9.71. The molecule has 0 bridgehead atoms. The normalized spacial score (nSPS) is 13.9. The third-order valence-electron chi connectivity index (χ3n) is 1.90. The number of azide groups is 1. The monoisotopic (exact) mass is 243 g/mol. The van der Waals surface area contributed by atoms with Gasteiger partial charge in [-0.25, -0.2) is 4.98 Å². The van der Waals surface area contributed by atoms with E-state index in [0.717, 1.165) is 0 Å². The molecule has 7 nitrogen and oxygen atoms in total. The molecule has 0 aromatic carbocycles. The first-order valence-electron chi connectivity index (χ1n) is 4.34. The maximum absolute atomic E-state index is 9.71. The molecule has 2 unspecified atom stereocenters. The Morgan fingerprint density at radius 2 is 2.31 bits per heavy atom. The molecule has 4 N–H and O–H groups in total. The SMILES string of the molecule is [N-]=[N+]=NCC(O)C(O)c1cc(N)cnc1Cl. The van der Waals surface area contributed by atoms with Crippen LogP contribution in [0.15, 0.2) is 17.4 Å². The van der Waals surface area contributed by atoms with Crippen LogP contribution in [0.1, 0.15) is 11.7 Å². The molecule has 0 aliphatic rings. The Morgan fingerprint density at radius 1 is 1.62 bits per heavy atom. The fourth-order valence-corrected chi connectivity index (χ4v) is 1.33. The van der Waals surface area contributed by atoms with Crippen molar-refractivity contribution in [1.29, 1.82) is 0 Å². The molecule has 86 valence electrons. The zero-order chi connectivity index (χ0) is 12.1. The summed E-state index contributed by atoms with van der Waals surface area (Å²) in [6, 6.07) is 1.40. The highest BCUT2D eigenvalue weighted by Gasteiger charge is 2.21. The molecule has 1 aromatic rings. The number of nitrogens with zero attached hydrogens (tertiary/aromatic N) is 4. The van der Waals surface area contributed by atoms with Crippen LogP contribution in [0.5, 0.6) is 0 Å². The number of aromatic nitrogens is 1. The van der Waals surface area contributed by atoms with Gasteiger partial charge in [0.05, 0.1) is 24.5 Å². The Kier molecular flexibility index (Phi) is 4.33. The maximum Gasteiger partial charge on any atom is 0.135 e. The van der Waals surface area contributed by atoms with Gasteiger partial charge in [-0.1, -0.05) is 16.7 Å². The van der Waals surface area contributed by atoms with Gasteiger partial charge in [-0.2, -0.15) is 0 Å². The molecule has 1 heterocycles. The quantitative estimate of drug-likeness (QED) is 0.316. The van der Waals surface area contributed by atoms with Crippen LogP contribution in [-0.4, -0.2) is 27.8 Å². The number of nitrogens with two attached hydrogens (primary N) is 1. The molecule has 0 aliphatic heterocycles. The lowest BCUT2D eigenvalue weighted by molar-refractivity contribution is 0.0243. The van der Waals surface area contributed by atoms with E-state index in [9.17, 15) is 10.2 Å². The van der Waals surface area contributed by atoms with Crippen molar-refractivity contribution in [2.45, 2.75) is 12.2 Å². The van der Waals surface area contributed by atoms with Crippen LogP contribution in [-0.2, 0) is 0 Å². The second kappa shape index (κ2) is 5.53. The minimum Gasteiger partial charge on any atom is -0.397 e. The van der Waals surface area contributed by atoms with E-state index in [2.05, 4.69) is 15.0 Å². The molecule has 0 saturated carbocycles. The summed E-state index contributed by atoms with van der Waals surface area (Å²) in [5, 5.41) is 22.4. The molecule has 1 rings (SSSR count). The summed E-state index contributed by atoms with van der Waals surface area (Å²) in [7, 11) is 0. The summed E-state index contributed by atoms with van der Waals surface area (Å²) in [4.78, 5) is 6.20. The lowest BCUT2D eigenvalue weighted by Gasteiger charge is -2.17. The van der Waals surface area contributed by atoms with Crippen LogP contribution in [0.4, 0.5) is 5.69 Å². The third kappa shape index (κ3) is 2.98. The van der Waals surface area contributed by atoms with Gasteiger partial charge in [-0.3, -0.25) is 0 Å². The van der Waals surface area contributed by atoms with E-state index in [-0.39, 0.29) is 17.3 Å². The number of pyridine rings is 1. The van der Waals surface area contributed by atoms with E-state index < -0.39 is 12.2 Å². The Balaban J connectivity index is 2.90. The fourth-order valence-electron chi connectivity index (χ4n) is 1.12. The molecule has 0 amide bonds. The van der Waals surface area contributed by atoms with E-state index in [4.69, 9.17) is 22.9 Å². The van der Waals surface area contributed by atoms with Gasteiger partial charge in [-0.05, 0) is 11.6 Å². The Bertz CT molecular complexity index is 421. The fraction of sp³-hybridized carbons (Fsp3) is 0.375. The molecular weight excluding hydrogens is 234 g/mol. The van der Waals surface area contributed by atoms with Gasteiger partial charge in [0.1, 0.15) is 11.3 Å². The summed E-state index contributed by atoms with van der Waals surface area (Å²) in [6.45, 7) is -0.261. The molecule has 0 aliphatic carbocycles. The predicted octanol–water partition coefficient (Wildman–Crippen LogP) is 1.02. The van der Waals surface area contributed by atoms with Crippen LogP contribution in [0.2, 0.25) is 5.15 Å². The van der Waals surface area contributed by atoms with Gasteiger partial charge in [0, 0.05) is 10.5 Å². The van der Waals surface area contributed by atoms with Gasteiger partial charge >= 0.3 is 0 Å². The number of hydrogen-bond donors (Lipinski definition) is 3. The smallest absolute Gasteiger partial charge is 0.135 e. The van der Waals surface area contributed by atoms with Crippen LogP contribution in [0.3, 0.4) is 0 Å². The van der Waals surface area contributed by atoms with Crippen molar-refractivity contribution in [2.24, 2.45) is 5.11 Å². The van der Waals surface area contributed by atoms with Crippen molar-refractivity contribution in [3.8, 4) is 0 Å². The summed E-state index contributed by atoms with van der Waals surface area (Å²) >= 11 is 5.73. The van der Waals surface area contributed by atoms with Crippen molar-refractivity contribution in [3.63, 3.8) is 0 Å². The number of aliphatic hydroxyl groups excluding tert-OH is 2. The second-order valence-electron chi connectivity index (χ2n) is 3.07. The zero-order valence-corrected chi connectivity index (χ0v) is 8.91. The van der Waals surface area contributed by atoms with Gasteiger partial charge in [0.2, 0.25) is 0 Å². The number of halogens is 1. The number of rotatable bonds is 4. The highest BCUT2D eigenvalue weighted by molar-refractivity contribution is 6.30. The largest absolute Gasteiger partial charge is 0.397 e. The number of nitrogen functional groups attached to an aromatic ring is 1. The van der Waals surface area contributed by atoms with Crippen molar-refractivity contribution < 1.29 is 10.2 Å². The molecular formula is C8H10ClN5O2. The summed E-state index contributed by atoms with van der Waals surface area (Å²) in [5.74, 6) is 0. The first-order valence-corrected chi connectivity index (χ1v) is 4.72. The molecule has 1 aromatic heterocycles. The molecule has 0 spiro atoms. The van der Waals surface area contributed by atoms with Crippen LogP contribution in [0.25, 0.3) is 10.4 Å². The molecule has 16 heavy (non-hydrogen) atoms. The van der Waals surface area contributed by atoms with E-state index in [1.54, 1.807) is 0 Å². The highest BCUT2D eigenvalue weighted by atomic mass is 35.5. The lowest BCUT2D eigenvalue weighted by atomic mass is 10.1. The van der Waals surface area contributed by atoms with E-state index >= 15 is 0 Å². The lowest BCUT2D eigenvalue weighted by Crippen LogP contribution is -2.21. The van der Waals surface area contributed by atoms with Crippen molar-refractivity contribution >= 4 is 17.3 Å². The Morgan fingerprint density at radius 3 is 2.94 bits per heavy atom. The van der Waals surface area contributed by atoms with Gasteiger partial charge < -0.3 is 15.9 Å². The molecule has 8 heteroatoms. The van der Waals surface area contributed by atoms with Crippen LogP contribution < -0.4 is 5.73 Å². The van der Waals surface area contributed by atoms with Crippen LogP contribution >= 0.6 is 11.6 Å². The Labute approximate surface area is 96.1 Å². The van der Waals surface area contributed by atoms with Crippen molar-refractivity contribution in [3.05, 3.63) is 33.4 Å². The number of aliphatic hydroxyl groups is 2. The third-order valence-corrected chi connectivity index (χ3v) is 2.22. The minimum absolute atomic E-state index is 0.0432. The average molecular weight is 244 g/mol. The van der Waals surface area contributed by atoms with E-state index in [1.165, 1.54) is 12.3 Å². The molecule has 0 saturated heterocycles. The number of anilines is 1. The van der Waals surface area contributed by atoms with Crippen LogP contribution in [0, 0.1) is 0 Å². The Hall–Kier alpha value is -1.53. The molecule has 0 fully saturated rings. The topological polar surface area (TPSA) is 128 Å². The van der Waals surface area contributed by atoms with Gasteiger partial charge in [0.15, 0.2) is 0 Å². The van der Waals surface area contributed by atoms with Gasteiger partial charge in [0.25, 0.3) is 0 Å².